The highest BCUT2D eigenvalue weighted by Crippen LogP contribution is 2.15. The first-order valence-corrected chi connectivity index (χ1v) is 9.18. The molecule has 0 aliphatic carbocycles. The quantitative estimate of drug-likeness (QED) is 0.560. The fourth-order valence-corrected chi connectivity index (χ4v) is 2.72. The SMILES string of the molecule is O=C(/C=C/c1ccc(Cl)cc1)NCCNc1cc(N2CCOCC2)ncn1. The summed E-state index contributed by atoms with van der Waals surface area (Å²) in [4.78, 5) is 22.6. The summed E-state index contributed by atoms with van der Waals surface area (Å²) in [5.74, 6) is 1.46. The molecule has 1 aliphatic heterocycles. The number of carbonyl (C=O) groups is 1. The van der Waals surface area contributed by atoms with E-state index < -0.39 is 0 Å². The van der Waals surface area contributed by atoms with Crippen LogP contribution in [-0.4, -0.2) is 55.3 Å². The molecule has 0 radical (unpaired) electrons. The molecule has 0 atom stereocenters. The highest BCUT2D eigenvalue weighted by molar-refractivity contribution is 6.30. The van der Waals surface area contributed by atoms with Crippen LogP contribution in [0.1, 0.15) is 5.56 Å². The van der Waals surface area contributed by atoms with Crippen LogP contribution in [0.4, 0.5) is 11.6 Å². The van der Waals surface area contributed by atoms with E-state index in [0.29, 0.717) is 31.3 Å². The van der Waals surface area contributed by atoms with Crippen LogP contribution in [0.25, 0.3) is 6.08 Å². The van der Waals surface area contributed by atoms with Gasteiger partial charge in [0.1, 0.15) is 18.0 Å². The summed E-state index contributed by atoms with van der Waals surface area (Å²) in [5.41, 5.74) is 0.921. The minimum Gasteiger partial charge on any atom is -0.378 e. The van der Waals surface area contributed by atoms with Gasteiger partial charge in [-0.3, -0.25) is 4.79 Å². The number of aromatic nitrogens is 2. The van der Waals surface area contributed by atoms with Gasteiger partial charge in [0.25, 0.3) is 0 Å². The second-order valence-electron chi connectivity index (χ2n) is 5.96. The van der Waals surface area contributed by atoms with Crippen molar-refractivity contribution in [2.45, 2.75) is 0 Å². The van der Waals surface area contributed by atoms with E-state index in [0.717, 1.165) is 30.3 Å². The maximum absolute atomic E-state index is 11.9. The molecular weight excluding hydrogens is 366 g/mol. The Labute approximate surface area is 163 Å². The lowest BCUT2D eigenvalue weighted by Crippen LogP contribution is -2.36. The second-order valence-corrected chi connectivity index (χ2v) is 6.40. The minimum absolute atomic E-state index is 0.150. The van der Waals surface area contributed by atoms with Gasteiger partial charge in [0.2, 0.25) is 5.91 Å². The zero-order chi connectivity index (χ0) is 18.9. The predicted molar refractivity (Wildman–Crippen MR) is 107 cm³/mol. The molecule has 2 aromatic rings. The van der Waals surface area contributed by atoms with Crippen molar-refractivity contribution in [1.82, 2.24) is 15.3 Å². The first kappa shape index (κ1) is 19.1. The number of ether oxygens (including phenoxy) is 1. The molecule has 1 aromatic carbocycles. The largest absolute Gasteiger partial charge is 0.378 e. The number of hydrogen-bond donors (Lipinski definition) is 2. The number of morpholine rings is 1. The first-order chi connectivity index (χ1) is 13.2. The van der Waals surface area contributed by atoms with Gasteiger partial charge in [0.15, 0.2) is 0 Å². The van der Waals surface area contributed by atoms with E-state index in [1.165, 1.54) is 6.08 Å². The van der Waals surface area contributed by atoms with Gasteiger partial charge >= 0.3 is 0 Å². The molecular formula is C19H22ClN5O2. The van der Waals surface area contributed by atoms with Crippen LogP contribution in [0.15, 0.2) is 42.7 Å². The summed E-state index contributed by atoms with van der Waals surface area (Å²) in [6.07, 6.45) is 4.79. The molecule has 2 N–H and O–H groups in total. The maximum atomic E-state index is 11.9. The Hall–Kier alpha value is -2.64. The first-order valence-electron chi connectivity index (χ1n) is 8.81. The van der Waals surface area contributed by atoms with Crippen LogP contribution in [-0.2, 0) is 9.53 Å². The molecule has 2 heterocycles. The van der Waals surface area contributed by atoms with Crippen LogP contribution >= 0.6 is 11.6 Å². The molecule has 1 amide bonds. The number of halogens is 1. The normalized spacial score (nSPS) is 14.3. The average Bonchev–Trinajstić information content (AvgIpc) is 2.72. The Bertz CT molecular complexity index is 776. The van der Waals surface area contributed by atoms with Crippen LogP contribution in [0, 0.1) is 0 Å². The summed E-state index contributed by atoms with van der Waals surface area (Å²) in [6, 6.07) is 9.20. The molecule has 0 spiro atoms. The smallest absolute Gasteiger partial charge is 0.244 e. The fraction of sp³-hybridized carbons (Fsp3) is 0.316. The van der Waals surface area contributed by atoms with Crippen molar-refractivity contribution in [3.63, 3.8) is 0 Å². The van der Waals surface area contributed by atoms with Crippen LogP contribution < -0.4 is 15.5 Å². The summed E-state index contributed by atoms with van der Waals surface area (Å²) in [7, 11) is 0. The van der Waals surface area contributed by atoms with Crippen molar-refractivity contribution in [3.8, 4) is 0 Å². The van der Waals surface area contributed by atoms with E-state index in [1.54, 1.807) is 24.5 Å². The highest BCUT2D eigenvalue weighted by Gasteiger charge is 2.12. The number of carbonyl (C=O) groups excluding carboxylic acids is 1. The molecule has 0 bridgehead atoms. The monoisotopic (exact) mass is 387 g/mol. The molecule has 1 saturated heterocycles. The topological polar surface area (TPSA) is 79.4 Å². The van der Waals surface area contributed by atoms with Gasteiger partial charge < -0.3 is 20.3 Å². The number of anilines is 2. The van der Waals surface area contributed by atoms with E-state index in [2.05, 4.69) is 25.5 Å². The number of nitrogens with one attached hydrogen (secondary N) is 2. The zero-order valence-corrected chi connectivity index (χ0v) is 15.7. The van der Waals surface area contributed by atoms with Gasteiger partial charge in [-0.1, -0.05) is 23.7 Å². The standard InChI is InChI=1S/C19H22ClN5O2/c20-16-4-1-15(2-5-16)3-6-19(26)22-8-7-21-17-13-18(24-14-23-17)25-9-11-27-12-10-25/h1-6,13-14H,7-12H2,(H,22,26)(H,21,23,24)/b6-3+. The third-order valence-electron chi connectivity index (χ3n) is 4.02. The zero-order valence-electron chi connectivity index (χ0n) is 14.9. The van der Waals surface area contributed by atoms with E-state index in [1.807, 2.05) is 18.2 Å². The van der Waals surface area contributed by atoms with Crippen LogP contribution in [0.2, 0.25) is 5.02 Å². The molecule has 1 fully saturated rings. The van der Waals surface area contributed by atoms with Gasteiger partial charge in [0.05, 0.1) is 13.2 Å². The molecule has 7 nitrogen and oxygen atoms in total. The van der Waals surface area contributed by atoms with Gasteiger partial charge in [0, 0.05) is 43.3 Å². The van der Waals surface area contributed by atoms with E-state index in [4.69, 9.17) is 16.3 Å². The summed E-state index contributed by atoms with van der Waals surface area (Å²) < 4.78 is 5.35. The van der Waals surface area contributed by atoms with Crippen molar-refractivity contribution in [2.75, 3.05) is 49.6 Å². The minimum atomic E-state index is -0.150. The summed E-state index contributed by atoms with van der Waals surface area (Å²) >= 11 is 5.84. The predicted octanol–water partition coefficient (Wildman–Crippen LogP) is 2.21. The fourth-order valence-electron chi connectivity index (χ4n) is 2.59. The molecule has 0 saturated carbocycles. The van der Waals surface area contributed by atoms with Crippen molar-refractivity contribution < 1.29 is 9.53 Å². The van der Waals surface area contributed by atoms with Gasteiger partial charge in [-0.05, 0) is 23.8 Å². The molecule has 1 aromatic heterocycles. The molecule has 142 valence electrons. The van der Waals surface area contributed by atoms with E-state index in [-0.39, 0.29) is 5.91 Å². The number of nitrogens with zero attached hydrogens (tertiary/aromatic N) is 3. The van der Waals surface area contributed by atoms with Crippen molar-refractivity contribution in [1.29, 1.82) is 0 Å². The lowest BCUT2D eigenvalue weighted by Gasteiger charge is -2.27. The van der Waals surface area contributed by atoms with Crippen molar-refractivity contribution in [2.24, 2.45) is 0 Å². The lowest BCUT2D eigenvalue weighted by atomic mass is 10.2. The summed E-state index contributed by atoms with van der Waals surface area (Å²) in [5, 5.41) is 6.70. The van der Waals surface area contributed by atoms with Gasteiger partial charge in [-0.25, -0.2) is 9.97 Å². The number of benzene rings is 1. The summed E-state index contributed by atoms with van der Waals surface area (Å²) in [6.45, 7) is 4.13. The molecule has 27 heavy (non-hydrogen) atoms. The van der Waals surface area contributed by atoms with E-state index in [9.17, 15) is 4.79 Å². The lowest BCUT2D eigenvalue weighted by molar-refractivity contribution is -0.116. The average molecular weight is 388 g/mol. The third kappa shape index (κ3) is 6.23. The number of rotatable bonds is 7. The highest BCUT2D eigenvalue weighted by atomic mass is 35.5. The molecule has 3 rings (SSSR count). The van der Waals surface area contributed by atoms with Crippen LogP contribution in [0.3, 0.4) is 0 Å². The Morgan fingerprint density at radius 2 is 1.96 bits per heavy atom. The van der Waals surface area contributed by atoms with E-state index >= 15 is 0 Å². The number of hydrogen-bond acceptors (Lipinski definition) is 6. The second kappa shape index (κ2) is 9.89. The third-order valence-corrected chi connectivity index (χ3v) is 4.27. The van der Waals surface area contributed by atoms with Crippen molar-refractivity contribution >= 4 is 35.2 Å². The Kier molecular flexibility index (Phi) is 7.01. The number of amides is 1. The van der Waals surface area contributed by atoms with Crippen molar-refractivity contribution in [3.05, 3.63) is 53.3 Å². The van der Waals surface area contributed by atoms with Gasteiger partial charge in [-0.2, -0.15) is 0 Å². The molecule has 8 heteroatoms. The van der Waals surface area contributed by atoms with Gasteiger partial charge in [-0.15, -0.1) is 0 Å². The Morgan fingerprint density at radius 3 is 2.74 bits per heavy atom. The molecule has 0 unspecified atom stereocenters. The Morgan fingerprint density at radius 1 is 1.19 bits per heavy atom. The Balaban J connectivity index is 1.40. The maximum Gasteiger partial charge on any atom is 0.244 e. The molecule has 1 aliphatic rings. The van der Waals surface area contributed by atoms with Crippen LogP contribution in [0.5, 0.6) is 0 Å².